The van der Waals surface area contributed by atoms with Crippen molar-refractivity contribution in [3.05, 3.63) is 28.3 Å². The fourth-order valence-electron chi connectivity index (χ4n) is 1.19. The molecular weight excluding hydrogens is 276 g/mol. The van der Waals surface area contributed by atoms with Crippen molar-refractivity contribution < 1.29 is 4.92 Å². The lowest BCUT2D eigenvalue weighted by molar-refractivity contribution is -0.392. The van der Waals surface area contributed by atoms with Crippen molar-refractivity contribution in [2.75, 3.05) is 19.4 Å². The molecule has 16 heavy (non-hydrogen) atoms. The average molecular weight is 289 g/mol. The molecule has 0 radical (unpaired) electrons. The third-order valence-corrected chi connectivity index (χ3v) is 2.24. The number of hydrogen-bond donors (Lipinski definition) is 0. The van der Waals surface area contributed by atoms with Crippen molar-refractivity contribution in [3.63, 3.8) is 0 Å². The Kier molecular flexibility index (Phi) is 4.48. The highest BCUT2D eigenvalue weighted by Crippen LogP contribution is 2.15. The quantitative estimate of drug-likeness (QED) is 0.470. The molecule has 6 nitrogen and oxygen atoms in total. The van der Waals surface area contributed by atoms with Gasteiger partial charge in [0.1, 0.15) is 12.7 Å². The third-order valence-electron chi connectivity index (χ3n) is 1.88. The summed E-state index contributed by atoms with van der Waals surface area (Å²) < 4.78 is 1.56. The summed E-state index contributed by atoms with van der Waals surface area (Å²) in [7, 11) is 3.76. The minimum atomic E-state index is -0.428. The van der Waals surface area contributed by atoms with Crippen molar-refractivity contribution in [3.8, 4) is 0 Å². The maximum atomic E-state index is 10.7. The lowest BCUT2D eigenvalue weighted by Crippen LogP contribution is -2.07. The Hall–Kier alpha value is -1.37. The molecule has 0 aliphatic rings. The second-order valence-electron chi connectivity index (χ2n) is 3.35. The first kappa shape index (κ1) is 12.7. The van der Waals surface area contributed by atoms with Gasteiger partial charge in [0.25, 0.3) is 0 Å². The Morgan fingerprint density at radius 1 is 1.69 bits per heavy atom. The zero-order chi connectivity index (χ0) is 12.1. The van der Waals surface area contributed by atoms with Gasteiger partial charge in [-0.2, -0.15) is 0 Å². The van der Waals surface area contributed by atoms with Crippen LogP contribution in [0.25, 0.3) is 6.08 Å². The Bertz CT molecular complexity index is 400. The standard InChI is InChI=1S/C9H13BrN4O2/c1-12(2)5-3-8-11-7-9(14(15)16)13(8)6-4-10/h3,5,7H,4,6H2,1-2H3. The van der Waals surface area contributed by atoms with E-state index in [4.69, 9.17) is 0 Å². The van der Waals surface area contributed by atoms with Crippen LogP contribution in [0, 0.1) is 10.1 Å². The van der Waals surface area contributed by atoms with Gasteiger partial charge >= 0.3 is 5.82 Å². The zero-order valence-electron chi connectivity index (χ0n) is 9.13. The predicted molar refractivity (Wildman–Crippen MR) is 65.4 cm³/mol. The van der Waals surface area contributed by atoms with Gasteiger partial charge in [0.15, 0.2) is 0 Å². The maximum Gasteiger partial charge on any atom is 0.343 e. The molecule has 0 atom stereocenters. The number of rotatable bonds is 5. The second-order valence-corrected chi connectivity index (χ2v) is 4.14. The summed E-state index contributed by atoms with van der Waals surface area (Å²) in [6.45, 7) is 0.517. The van der Waals surface area contributed by atoms with Crippen molar-refractivity contribution >= 4 is 27.8 Å². The van der Waals surface area contributed by atoms with E-state index < -0.39 is 4.92 Å². The lowest BCUT2D eigenvalue weighted by atomic mass is 10.5. The molecule has 0 amide bonds. The average Bonchev–Trinajstić information content (AvgIpc) is 2.59. The van der Waals surface area contributed by atoms with E-state index >= 15 is 0 Å². The molecule has 0 aromatic carbocycles. The molecule has 0 aliphatic heterocycles. The lowest BCUT2D eigenvalue weighted by Gasteiger charge is -2.03. The fourth-order valence-corrected chi connectivity index (χ4v) is 1.54. The highest BCUT2D eigenvalue weighted by Gasteiger charge is 2.17. The summed E-state index contributed by atoms with van der Waals surface area (Å²) in [5.74, 6) is 0.595. The number of hydrogen-bond acceptors (Lipinski definition) is 4. The monoisotopic (exact) mass is 288 g/mol. The molecule has 1 heterocycles. The molecule has 0 bridgehead atoms. The minimum absolute atomic E-state index is 0.0119. The molecule has 1 aromatic heterocycles. The number of halogens is 1. The van der Waals surface area contributed by atoms with Crippen LogP contribution in [0.5, 0.6) is 0 Å². The van der Waals surface area contributed by atoms with Gasteiger partial charge in [0.05, 0.1) is 0 Å². The first-order valence-electron chi connectivity index (χ1n) is 4.66. The van der Waals surface area contributed by atoms with E-state index in [9.17, 15) is 10.1 Å². The Labute approximate surface area is 102 Å². The summed E-state index contributed by atoms with van der Waals surface area (Å²) in [5.41, 5.74) is 0. The molecule has 0 spiro atoms. The molecular formula is C9H13BrN4O2. The van der Waals surface area contributed by atoms with Crippen molar-refractivity contribution in [2.45, 2.75) is 6.54 Å². The smallest absolute Gasteiger partial charge is 0.343 e. The van der Waals surface area contributed by atoms with Gasteiger partial charge in [0, 0.05) is 31.7 Å². The largest absolute Gasteiger partial charge is 0.383 e. The number of imidazole rings is 1. The molecule has 0 unspecified atom stereocenters. The summed E-state index contributed by atoms with van der Waals surface area (Å²) in [6.07, 6.45) is 4.82. The van der Waals surface area contributed by atoms with Crippen LogP contribution in [-0.2, 0) is 6.54 Å². The second kappa shape index (κ2) is 5.64. The Balaban J connectivity index is 3.04. The normalized spacial score (nSPS) is 10.9. The summed E-state index contributed by atoms with van der Waals surface area (Å²) in [4.78, 5) is 16.2. The van der Waals surface area contributed by atoms with Crippen LogP contribution in [0.1, 0.15) is 5.82 Å². The molecule has 0 fully saturated rings. The van der Waals surface area contributed by atoms with Crippen LogP contribution in [-0.4, -0.2) is 38.8 Å². The summed E-state index contributed by atoms with van der Waals surface area (Å²) in [6, 6.07) is 0. The van der Waals surface area contributed by atoms with E-state index in [-0.39, 0.29) is 5.82 Å². The van der Waals surface area contributed by atoms with Gasteiger partial charge in [-0.3, -0.25) is 0 Å². The van der Waals surface area contributed by atoms with E-state index in [2.05, 4.69) is 20.9 Å². The van der Waals surface area contributed by atoms with Gasteiger partial charge in [-0.1, -0.05) is 15.9 Å². The van der Waals surface area contributed by atoms with Gasteiger partial charge in [0.2, 0.25) is 5.82 Å². The van der Waals surface area contributed by atoms with E-state index in [0.29, 0.717) is 17.7 Å². The van der Waals surface area contributed by atoms with Gasteiger partial charge in [-0.25, -0.2) is 9.55 Å². The maximum absolute atomic E-state index is 10.7. The zero-order valence-corrected chi connectivity index (χ0v) is 10.7. The van der Waals surface area contributed by atoms with Crippen molar-refractivity contribution in [1.82, 2.24) is 14.5 Å². The van der Waals surface area contributed by atoms with Gasteiger partial charge < -0.3 is 15.0 Å². The molecule has 0 saturated heterocycles. The Morgan fingerprint density at radius 2 is 2.38 bits per heavy atom. The molecule has 88 valence electrons. The molecule has 7 heteroatoms. The van der Waals surface area contributed by atoms with Crippen LogP contribution < -0.4 is 0 Å². The SMILES string of the molecule is CN(C)C=Cc1ncc([N+](=O)[O-])n1CCBr. The van der Waals surface area contributed by atoms with Crippen molar-refractivity contribution in [2.24, 2.45) is 0 Å². The van der Waals surface area contributed by atoms with E-state index in [0.717, 1.165) is 0 Å². The Morgan fingerprint density at radius 3 is 2.88 bits per heavy atom. The highest BCUT2D eigenvalue weighted by atomic mass is 79.9. The molecule has 1 rings (SSSR count). The van der Waals surface area contributed by atoms with Crippen LogP contribution in [0.15, 0.2) is 12.4 Å². The van der Waals surface area contributed by atoms with Crippen LogP contribution in [0.3, 0.4) is 0 Å². The minimum Gasteiger partial charge on any atom is -0.383 e. The van der Waals surface area contributed by atoms with E-state index in [1.54, 1.807) is 16.8 Å². The molecule has 0 N–H and O–H groups in total. The summed E-state index contributed by atoms with van der Waals surface area (Å²) >= 11 is 3.26. The molecule has 0 saturated carbocycles. The summed E-state index contributed by atoms with van der Waals surface area (Å²) in [5, 5.41) is 11.4. The number of nitrogens with zero attached hydrogens (tertiary/aromatic N) is 4. The van der Waals surface area contributed by atoms with Crippen LogP contribution in [0.2, 0.25) is 0 Å². The van der Waals surface area contributed by atoms with Crippen molar-refractivity contribution in [1.29, 1.82) is 0 Å². The molecule has 0 aliphatic carbocycles. The van der Waals surface area contributed by atoms with Crippen LogP contribution in [0.4, 0.5) is 5.82 Å². The number of aromatic nitrogens is 2. The van der Waals surface area contributed by atoms with Crippen LogP contribution >= 0.6 is 15.9 Å². The van der Waals surface area contributed by atoms with E-state index in [1.807, 2.05) is 19.0 Å². The first-order valence-corrected chi connectivity index (χ1v) is 5.79. The first-order chi connectivity index (χ1) is 7.56. The topological polar surface area (TPSA) is 64.2 Å². The molecule has 1 aromatic rings. The predicted octanol–water partition coefficient (Wildman–Crippen LogP) is 1.72. The number of alkyl halides is 1. The fraction of sp³-hybridized carbons (Fsp3) is 0.444. The van der Waals surface area contributed by atoms with Gasteiger partial charge in [-0.05, 0) is 4.92 Å². The third kappa shape index (κ3) is 3.06. The van der Waals surface area contributed by atoms with E-state index in [1.165, 1.54) is 6.20 Å². The highest BCUT2D eigenvalue weighted by molar-refractivity contribution is 9.09. The van der Waals surface area contributed by atoms with Gasteiger partial charge in [-0.15, -0.1) is 0 Å². The number of nitro groups is 1.